The van der Waals surface area contributed by atoms with Gasteiger partial charge in [0.05, 0.1) is 17.3 Å². The fraction of sp³-hybridized carbons (Fsp3) is 0.733. The van der Waals surface area contributed by atoms with Crippen molar-refractivity contribution in [1.29, 1.82) is 0 Å². The van der Waals surface area contributed by atoms with Crippen molar-refractivity contribution < 1.29 is 9.90 Å². The average Bonchev–Trinajstić information content (AvgIpc) is 3.05. The Hall–Kier alpha value is -1.36. The maximum absolute atomic E-state index is 11.1. The number of nitrogens with zero attached hydrogens (tertiary/aromatic N) is 2. The lowest BCUT2D eigenvalue weighted by molar-refractivity contribution is -0.142. The van der Waals surface area contributed by atoms with Crippen LogP contribution in [0.15, 0.2) is 6.07 Å². The van der Waals surface area contributed by atoms with Crippen LogP contribution in [0.4, 0.5) is 0 Å². The zero-order valence-electron chi connectivity index (χ0n) is 12.4. The minimum Gasteiger partial charge on any atom is -0.481 e. The molecule has 5 heteroatoms. The highest BCUT2D eigenvalue weighted by atomic mass is 16.4. The Morgan fingerprint density at radius 2 is 2.30 bits per heavy atom. The minimum atomic E-state index is -0.638. The van der Waals surface area contributed by atoms with Gasteiger partial charge >= 0.3 is 5.97 Å². The summed E-state index contributed by atoms with van der Waals surface area (Å²) in [6, 6.07) is 2.14. The molecule has 5 nitrogen and oxygen atoms in total. The Morgan fingerprint density at radius 1 is 1.50 bits per heavy atom. The van der Waals surface area contributed by atoms with E-state index in [4.69, 9.17) is 0 Å². The first-order valence-electron chi connectivity index (χ1n) is 7.64. The number of carboxylic acid groups (broad SMARTS) is 1. The van der Waals surface area contributed by atoms with Gasteiger partial charge in [-0.2, -0.15) is 5.10 Å². The Morgan fingerprint density at radius 3 is 2.95 bits per heavy atom. The number of carboxylic acids is 1. The van der Waals surface area contributed by atoms with Crippen molar-refractivity contribution in [2.45, 2.75) is 52.6 Å². The van der Waals surface area contributed by atoms with Crippen LogP contribution in [0.3, 0.4) is 0 Å². The van der Waals surface area contributed by atoms with Gasteiger partial charge in [-0.25, -0.2) is 0 Å². The van der Waals surface area contributed by atoms with Crippen LogP contribution in [0.25, 0.3) is 0 Å². The van der Waals surface area contributed by atoms with E-state index in [1.807, 2.05) is 4.68 Å². The molecule has 2 N–H and O–H groups in total. The third-order valence-electron chi connectivity index (χ3n) is 4.26. The maximum atomic E-state index is 11.1. The van der Waals surface area contributed by atoms with Crippen LogP contribution in [-0.2, 0) is 24.3 Å². The summed E-state index contributed by atoms with van der Waals surface area (Å²) in [5.74, 6) is -0.526. The van der Waals surface area contributed by atoms with Crippen LogP contribution in [-0.4, -0.2) is 27.4 Å². The molecule has 1 heterocycles. The molecule has 1 aromatic heterocycles. The molecule has 0 radical (unpaired) electrons. The molecule has 112 valence electrons. The molecule has 0 aliphatic heterocycles. The second-order valence-corrected chi connectivity index (χ2v) is 5.56. The molecule has 20 heavy (non-hydrogen) atoms. The van der Waals surface area contributed by atoms with E-state index in [2.05, 4.69) is 30.3 Å². The molecule has 1 aromatic rings. The van der Waals surface area contributed by atoms with Gasteiger partial charge in [0.25, 0.3) is 0 Å². The van der Waals surface area contributed by atoms with Crippen molar-refractivity contribution in [2.24, 2.45) is 11.8 Å². The molecule has 0 saturated heterocycles. The highest BCUT2D eigenvalue weighted by Crippen LogP contribution is 2.31. The van der Waals surface area contributed by atoms with E-state index >= 15 is 0 Å². The lowest BCUT2D eigenvalue weighted by atomic mass is 9.96. The fourth-order valence-corrected chi connectivity index (χ4v) is 3.10. The van der Waals surface area contributed by atoms with Gasteiger partial charge in [0.1, 0.15) is 0 Å². The Bertz CT molecular complexity index is 456. The highest BCUT2D eigenvalue weighted by Gasteiger charge is 2.32. The normalized spacial score (nSPS) is 22.3. The van der Waals surface area contributed by atoms with E-state index in [9.17, 15) is 9.90 Å². The van der Waals surface area contributed by atoms with Crippen molar-refractivity contribution in [3.63, 3.8) is 0 Å². The number of hydrogen-bond acceptors (Lipinski definition) is 3. The Labute approximate surface area is 120 Å². The number of nitrogens with one attached hydrogen (secondary N) is 1. The van der Waals surface area contributed by atoms with Gasteiger partial charge in [0, 0.05) is 13.1 Å². The summed E-state index contributed by atoms with van der Waals surface area (Å²) in [6.45, 7) is 6.62. The zero-order chi connectivity index (χ0) is 14.5. The number of aromatic nitrogens is 2. The van der Waals surface area contributed by atoms with Crippen molar-refractivity contribution in [3.05, 3.63) is 17.5 Å². The van der Waals surface area contributed by atoms with Crippen molar-refractivity contribution in [3.8, 4) is 0 Å². The smallest absolute Gasteiger partial charge is 0.306 e. The molecule has 2 unspecified atom stereocenters. The summed E-state index contributed by atoms with van der Waals surface area (Å²) >= 11 is 0. The van der Waals surface area contributed by atoms with Crippen LogP contribution in [0.5, 0.6) is 0 Å². The number of carbonyl (C=O) groups is 1. The summed E-state index contributed by atoms with van der Waals surface area (Å²) in [5.41, 5.74) is 2.31. The largest absolute Gasteiger partial charge is 0.481 e. The number of aryl methyl sites for hydroxylation is 2. The van der Waals surface area contributed by atoms with Gasteiger partial charge in [-0.3, -0.25) is 9.48 Å². The van der Waals surface area contributed by atoms with Crippen molar-refractivity contribution in [2.75, 3.05) is 6.54 Å². The summed E-state index contributed by atoms with van der Waals surface area (Å²) in [6.07, 6.45) is 3.84. The van der Waals surface area contributed by atoms with E-state index < -0.39 is 5.97 Å². The SMILES string of the molecule is CCc1cc(CNCC2CCCC2C(=O)O)n(CC)n1. The van der Waals surface area contributed by atoms with Crippen LogP contribution in [0, 0.1) is 11.8 Å². The first kappa shape index (κ1) is 15.0. The first-order chi connectivity index (χ1) is 9.65. The second-order valence-electron chi connectivity index (χ2n) is 5.56. The quantitative estimate of drug-likeness (QED) is 0.801. The molecule has 1 saturated carbocycles. The Kier molecular flexibility index (Phi) is 5.17. The van der Waals surface area contributed by atoms with Crippen LogP contribution < -0.4 is 5.32 Å². The average molecular weight is 279 g/mol. The first-order valence-corrected chi connectivity index (χ1v) is 7.64. The molecule has 1 aliphatic rings. The number of rotatable bonds is 7. The summed E-state index contributed by atoms with van der Waals surface area (Å²) < 4.78 is 2.02. The van der Waals surface area contributed by atoms with E-state index in [-0.39, 0.29) is 11.8 Å². The number of aliphatic carboxylic acids is 1. The van der Waals surface area contributed by atoms with Crippen LogP contribution in [0.2, 0.25) is 0 Å². The predicted octanol–water partition coefficient (Wildman–Crippen LogP) is 2.06. The maximum Gasteiger partial charge on any atom is 0.306 e. The van der Waals surface area contributed by atoms with Gasteiger partial charge in [-0.15, -0.1) is 0 Å². The molecule has 0 bridgehead atoms. The lowest BCUT2D eigenvalue weighted by Gasteiger charge is -2.16. The second kappa shape index (κ2) is 6.88. The van der Waals surface area contributed by atoms with Crippen molar-refractivity contribution >= 4 is 5.97 Å². The topological polar surface area (TPSA) is 67.2 Å². The predicted molar refractivity (Wildman–Crippen MR) is 77.5 cm³/mol. The molecule has 1 fully saturated rings. The standard InChI is InChI=1S/C15H25N3O2/c1-3-12-8-13(18(4-2)17-12)10-16-9-11-6-5-7-14(11)15(19)20/h8,11,14,16H,3-7,9-10H2,1-2H3,(H,19,20). The minimum absolute atomic E-state index is 0.162. The lowest BCUT2D eigenvalue weighted by Crippen LogP contribution is -2.29. The molecule has 2 rings (SSSR count). The molecule has 0 amide bonds. The molecule has 2 atom stereocenters. The van der Waals surface area contributed by atoms with Crippen molar-refractivity contribution in [1.82, 2.24) is 15.1 Å². The summed E-state index contributed by atoms with van der Waals surface area (Å²) in [5, 5.41) is 17.1. The van der Waals surface area contributed by atoms with Gasteiger partial charge in [-0.1, -0.05) is 13.3 Å². The highest BCUT2D eigenvalue weighted by molar-refractivity contribution is 5.70. The van der Waals surface area contributed by atoms with Gasteiger partial charge in [0.15, 0.2) is 0 Å². The van der Waals surface area contributed by atoms with E-state index in [1.54, 1.807) is 0 Å². The number of hydrogen-bond donors (Lipinski definition) is 2. The van der Waals surface area contributed by atoms with Gasteiger partial charge < -0.3 is 10.4 Å². The van der Waals surface area contributed by atoms with Crippen LogP contribution in [0.1, 0.15) is 44.5 Å². The summed E-state index contributed by atoms with van der Waals surface area (Å²) in [4.78, 5) is 11.1. The molecule has 0 spiro atoms. The van der Waals surface area contributed by atoms with E-state index in [0.29, 0.717) is 0 Å². The third-order valence-corrected chi connectivity index (χ3v) is 4.26. The monoisotopic (exact) mass is 279 g/mol. The van der Waals surface area contributed by atoms with E-state index in [1.165, 1.54) is 5.69 Å². The van der Waals surface area contributed by atoms with E-state index in [0.717, 1.165) is 51.0 Å². The third kappa shape index (κ3) is 3.39. The fourth-order valence-electron chi connectivity index (χ4n) is 3.10. The molecular weight excluding hydrogens is 254 g/mol. The van der Waals surface area contributed by atoms with Gasteiger partial charge in [-0.05, 0) is 44.7 Å². The summed E-state index contributed by atoms with van der Waals surface area (Å²) in [7, 11) is 0. The molecule has 0 aromatic carbocycles. The molecule has 1 aliphatic carbocycles. The molecular formula is C15H25N3O2. The van der Waals surface area contributed by atoms with Crippen LogP contribution >= 0.6 is 0 Å². The zero-order valence-corrected chi connectivity index (χ0v) is 12.4. The van der Waals surface area contributed by atoms with Gasteiger partial charge in [0.2, 0.25) is 0 Å². The Balaban J connectivity index is 1.86.